The molecule has 1 N–H and O–H groups in total. The molecule has 92 valence electrons. The van der Waals surface area contributed by atoms with Crippen LogP contribution < -0.4 is 4.72 Å². The Labute approximate surface area is 102 Å². The van der Waals surface area contributed by atoms with Gasteiger partial charge in [-0.1, -0.05) is 36.4 Å². The van der Waals surface area contributed by atoms with Gasteiger partial charge in [-0.25, -0.2) is 0 Å². The van der Waals surface area contributed by atoms with Crippen LogP contribution in [0.1, 0.15) is 5.56 Å². The smallest absolute Gasteiger partial charge is 0.197 e. The van der Waals surface area contributed by atoms with Crippen molar-refractivity contribution in [2.24, 2.45) is 0 Å². The van der Waals surface area contributed by atoms with Crippen molar-refractivity contribution < 1.29 is 8.42 Å². The van der Waals surface area contributed by atoms with E-state index in [2.05, 4.69) is 11.3 Å². The second-order valence-electron chi connectivity index (χ2n) is 4.12. The second-order valence-corrected chi connectivity index (χ2v) is 5.82. The maximum absolute atomic E-state index is 11.7. The van der Waals surface area contributed by atoms with Gasteiger partial charge in [-0.2, -0.15) is 17.4 Å². The number of hydrogen-bond donors (Lipinski definition) is 1. The van der Waals surface area contributed by atoms with E-state index in [1.54, 1.807) is 6.08 Å². The van der Waals surface area contributed by atoms with Gasteiger partial charge in [0.1, 0.15) is 0 Å². The van der Waals surface area contributed by atoms with Crippen LogP contribution in [0.4, 0.5) is 0 Å². The van der Waals surface area contributed by atoms with Crippen molar-refractivity contribution in [2.75, 3.05) is 13.1 Å². The summed E-state index contributed by atoms with van der Waals surface area (Å²) in [6.45, 7) is 4.43. The minimum atomic E-state index is -3.31. The second kappa shape index (κ2) is 5.00. The Balaban J connectivity index is 2.04. The quantitative estimate of drug-likeness (QED) is 0.811. The predicted octanol–water partition coefficient (Wildman–Crippen LogP) is 0.934. The summed E-state index contributed by atoms with van der Waals surface area (Å²) in [6, 6.07) is 9.82. The Morgan fingerprint density at radius 3 is 2.76 bits per heavy atom. The molecule has 1 aromatic carbocycles. The topological polar surface area (TPSA) is 49.4 Å². The molecule has 5 heteroatoms. The summed E-state index contributed by atoms with van der Waals surface area (Å²) in [5.74, 6) is 0. The molecule has 1 aliphatic heterocycles. The van der Waals surface area contributed by atoms with E-state index < -0.39 is 10.2 Å². The van der Waals surface area contributed by atoms with Gasteiger partial charge in [0.15, 0.2) is 0 Å². The molecular weight excluding hydrogens is 236 g/mol. The van der Waals surface area contributed by atoms with E-state index in [-0.39, 0.29) is 6.04 Å². The van der Waals surface area contributed by atoms with Gasteiger partial charge in [0.05, 0.1) is 0 Å². The summed E-state index contributed by atoms with van der Waals surface area (Å²) in [5, 5.41) is 0. The van der Waals surface area contributed by atoms with Crippen LogP contribution in [0.5, 0.6) is 0 Å². The van der Waals surface area contributed by atoms with E-state index in [9.17, 15) is 8.42 Å². The van der Waals surface area contributed by atoms with Crippen molar-refractivity contribution >= 4 is 10.2 Å². The fourth-order valence-corrected chi connectivity index (χ4v) is 3.39. The van der Waals surface area contributed by atoms with Gasteiger partial charge in [-0.15, -0.1) is 6.58 Å². The SMILES string of the molecule is C=CCN1C[C@H](Cc2ccccc2)NS1(=O)=O. The van der Waals surface area contributed by atoms with Crippen LogP contribution in [-0.2, 0) is 16.6 Å². The number of hydrogen-bond acceptors (Lipinski definition) is 2. The molecule has 1 atom stereocenters. The minimum absolute atomic E-state index is 0.0534. The first kappa shape index (κ1) is 12.3. The van der Waals surface area contributed by atoms with Crippen molar-refractivity contribution in [1.29, 1.82) is 0 Å². The van der Waals surface area contributed by atoms with Crippen molar-refractivity contribution in [3.8, 4) is 0 Å². The molecule has 1 aromatic rings. The highest BCUT2D eigenvalue weighted by molar-refractivity contribution is 7.87. The molecule has 0 bridgehead atoms. The number of nitrogens with zero attached hydrogens (tertiary/aromatic N) is 1. The van der Waals surface area contributed by atoms with Gasteiger partial charge in [0.2, 0.25) is 0 Å². The minimum Gasteiger partial charge on any atom is -0.197 e. The maximum Gasteiger partial charge on any atom is 0.280 e. The number of nitrogens with one attached hydrogen (secondary N) is 1. The van der Waals surface area contributed by atoms with Crippen LogP contribution in [0.25, 0.3) is 0 Å². The molecule has 0 spiro atoms. The molecule has 4 nitrogen and oxygen atoms in total. The zero-order chi connectivity index (χ0) is 12.3. The lowest BCUT2D eigenvalue weighted by Gasteiger charge is -2.09. The van der Waals surface area contributed by atoms with Crippen molar-refractivity contribution in [2.45, 2.75) is 12.5 Å². The molecule has 0 amide bonds. The average molecular weight is 252 g/mol. The van der Waals surface area contributed by atoms with Crippen molar-refractivity contribution in [3.63, 3.8) is 0 Å². The lowest BCUT2D eigenvalue weighted by molar-refractivity contribution is 0.459. The molecule has 17 heavy (non-hydrogen) atoms. The van der Waals surface area contributed by atoms with E-state index in [0.717, 1.165) is 5.56 Å². The first-order valence-corrected chi connectivity index (χ1v) is 6.98. The van der Waals surface area contributed by atoms with Crippen LogP contribution in [-0.4, -0.2) is 31.9 Å². The summed E-state index contributed by atoms with van der Waals surface area (Å²) < 4.78 is 27.5. The summed E-state index contributed by atoms with van der Waals surface area (Å²) in [4.78, 5) is 0. The third kappa shape index (κ3) is 2.94. The van der Waals surface area contributed by atoms with Crippen LogP contribution in [0.2, 0.25) is 0 Å². The average Bonchev–Trinajstić information content (AvgIpc) is 2.55. The van der Waals surface area contributed by atoms with Crippen LogP contribution in [0.15, 0.2) is 43.0 Å². The zero-order valence-corrected chi connectivity index (χ0v) is 10.4. The highest BCUT2D eigenvalue weighted by atomic mass is 32.2. The van der Waals surface area contributed by atoms with Crippen molar-refractivity contribution in [1.82, 2.24) is 9.03 Å². The number of rotatable bonds is 4. The lowest BCUT2D eigenvalue weighted by Crippen LogP contribution is -2.30. The molecule has 1 heterocycles. The van der Waals surface area contributed by atoms with Gasteiger partial charge >= 0.3 is 0 Å². The Kier molecular flexibility index (Phi) is 3.61. The molecule has 1 fully saturated rings. The summed E-state index contributed by atoms with van der Waals surface area (Å²) in [7, 11) is -3.31. The molecule has 2 rings (SSSR count). The van der Waals surface area contributed by atoms with Gasteiger partial charge in [0, 0.05) is 19.1 Å². The molecule has 1 aliphatic rings. The monoisotopic (exact) mass is 252 g/mol. The van der Waals surface area contributed by atoms with Gasteiger partial charge in [0.25, 0.3) is 10.2 Å². The molecule has 0 aliphatic carbocycles. The standard InChI is InChI=1S/C12H16N2O2S/c1-2-8-14-10-12(13-17(14,15)16)9-11-6-4-3-5-7-11/h2-7,12-13H,1,8-10H2/t12-/m0/s1. The molecule has 0 radical (unpaired) electrons. The Hall–Kier alpha value is -1.17. The normalized spacial score (nSPS) is 23.6. The Bertz CT molecular complexity index is 484. The van der Waals surface area contributed by atoms with Crippen LogP contribution >= 0.6 is 0 Å². The highest BCUT2D eigenvalue weighted by Gasteiger charge is 2.34. The molecule has 0 unspecified atom stereocenters. The third-order valence-corrected chi connectivity index (χ3v) is 4.35. The zero-order valence-electron chi connectivity index (χ0n) is 9.54. The largest absolute Gasteiger partial charge is 0.280 e. The third-order valence-electron chi connectivity index (χ3n) is 2.74. The first-order chi connectivity index (χ1) is 8.12. The van der Waals surface area contributed by atoms with Gasteiger partial charge < -0.3 is 0 Å². The predicted molar refractivity (Wildman–Crippen MR) is 67.8 cm³/mol. The summed E-state index contributed by atoms with van der Waals surface area (Å²) >= 11 is 0. The maximum atomic E-state index is 11.7. The lowest BCUT2D eigenvalue weighted by atomic mass is 10.1. The van der Waals surface area contributed by atoms with Crippen LogP contribution in [0, 0.1) is 0 Å². The highest BCUT2D eigenvalue weighted by Crippen LogP contribution is 2.14. The Morgan fingerprint density at radius 1 is 1.41 bits per heavy atom. The molecule has 0 aromatic heterocycles. The van der Waals surface area contributed by atoms with E-state index >= 15 is 0 Å². The Morgan fingerprint density at radius 2 is 2.12 bits per heavy atom. The van der Waals surface area contributed by atoms with Gasteiger partial charge in [-0.05, 0) is 12.0 Å². The van der Waals surface area contributed by atoms with Crippen LogP contribution in [0.3, 0.4) is 0 Å². The molecular formula is C12H16N2O2S. The van der Waals surface area contributed by atoms with Gasteiger partial charge in [-0.3, -0.25) is 0 Å². The first-order valence-electron chi connectivity index (χ1n) is 5.54. The van der Waals surface area contributed by atoms with E-state index in [0.29, 0.717) is 19.5 Å². The van der Waals surface area contributed by atoms with E-state index in [1.165, 1.54) is 4.31 Å². The van der Waals surface area contributed by atoms with Crippen molar-refractivity contribution in [3.05, 3.63) is 48.6 Å². The fraction of sp³-hybridized carbons (Fsp3) is 0.333. The number of benzene rings is 1. The van der Waals surface area contributed by atoms with E-state index in [1.807, 2.05) is 30.3 Å². The summed E-state index contributed by atoms with van der Waals surface area (Å²) in [5.41, 5.74) is 1.14. The fourth-order valence-electron chi connectivity index (χ4n) is 1.99. The summed E-state index contributed by atoms with van der Waals surface area (Å²) in [6.07, 6.45) is 2.32. The van der Waals surface area contributed by atoms with E-state index in [4.69, 9.17) is 0 Å². The molecule has 0 saturated carbocycles. The molecule has 1 saturated heterocycles.